The molecule has 138 valence electrons. The fourth-order valence-corrected chi connectivity index (χ4v) is 2.79. The molecule has 1 heterocycles. The first-order valence-electron chi connectivity index (χ1n) is 8.51. The zero-order chi connectivity index (χ0) is 17.4. The number of rotatable bonds is 9. The average molecular weight is 368 g/mol. The minimum absolute atomic E-state index is 0. The van der Waals surface area contributed by atoms with Crippen LogP contribution in [-0.4, -0.2) is 24.3 Å². The van der Waals surface area contributed by atoms with E-state index < -0.39 is 0 Å². The second kappa shape index (κ2) is 10.8. The van der Waals surface area contributed by atoms with Gasteiger partial charge in [-0.25, -0.2) is 0 Å². The molecule has 0 bridgehead atoms. The molecule has 1 aliphatic heterocycles. The van der Waals surface area contributed by atoms with Gasteiger partial charge in [0.2, 0.25) is 17.7 Å². The molecule has 1 atom stereocenters. The number of hydrogen-bond donors (Lipinski definition) is 3. The molecule has 1 aromatic rings. The van der Waals surface area contributed by atoms with Crippen molar-refractivity contribution in [1.82, 2.24) is 5.32 Å². The Bertz CT molecular complexity index is 590. The number of imide groups is 1. The highest BCUT2D eigenvalue weighted by Crippen LogP contribution is 2.19. The lowest BCUT2D eigenvalue weighted by Crippen LogP contribution is -2.22. The highest BCUT2D eigenvalue weighted by molar-refractivity contribution is 6.03. The van der Waals surface area contributed by atoms with Crippen molar-refractivity contribution in [2.75, 3.05) is 11.9 Å². The Morgan fingerprint density at radius 1 is 1.12 bits per heavy atom. The van der Waals surface area contributed by atoms with E-state index in [4.69, 9.17) is 5.73 Å². The van der Waals surface area contributed by atoms with E-state index >= 15 is 0 Å². The topological polar surface area (TPSA) is 101 Å². The standard InChI is InChI=1S/C18H25N3O3.ClH/c19-10-4-2-1-3-5-16(22)20-15-8-6-13(7-9-15)11-14-12-17(23)21-18(14)24;/h6-9,14H,1-5,10-12,19H2,(H,20,22)(H,21,23,24);1H. The summed E-state index contributed by atoms with van der Waals surface area (Å²) in [6.07, 6.45) is 5.26. The predicted molar refractivity (Wildman–Crippen MR) is 99.4 cm³/mol. The Balaban J connectivity index is 0.00000312. The summed E-state index contributed by atoms with van der Waals surface area (Å²) < 4.78 is 0. The molecule has 1 unspecified atom stereocenters. The highest BCUT2D eigenvalue weighted by Gasteiger charge is 2.30. The predicted octanol–water partition coefficient (Wildman–Crippen LogP) is 2.16. The Morgan fingerprint density at radius 2 is 1.80 bits per heavy atom. The van der Waals surface area contributed by atoms with Gasteiger partial charge >= 0.3 is 0 Å². The van der Waals surface area contributed by atoms with Crippen LogP contribution in [0.15, 0.2) is 24.3 Å². The van der Waals surface area contributed by atoms with Gasteiger partial charge in [-0.2, -0.15) is 0 Å². The molecule has 4 N–H and O–H groups in total. The Hall–Kier alpha value is -1.92. The van der Waals surface area contributed by atoms with E-state index in [0.29, 0.717) is 19.4 Å². The van der Waals surface area contributed by atoms with Crippen LogP contribution < -0.4 is 16.4 Å². The van der Waals surface area contributed by atoms with Crippen LogP contribution in [0.3, 0.4) is 0 Å². The van der Waals surface area contributed by atoms with Gasteiger partial charge in [-0.3, -0.25) is 19.7 Å². The van der Waals surface area contributed by atoms with Crippen LogP contribution in [0.25, 0.3) is 0 Å². The molecule has 0 spiro atoms. The van der Waals surface area contributed by atoms with Crippen LogP contribution in [0.4, 0.5) is 5.69 Å². The Labute approximate surface area is 154 Å². The summed E-state index contributed by atoms with van der Waals surface area (Å²) in [5.74, 6) is -0.685. The van der Waals surface area contributed by atoms with Crippen molar-refractivity contribution in [3.8, 4) is 0 Å². The van der Waals surface area contributed by atoms with Crippen molar-refractivity contribution in [3.05, 3.63) is 29.8 Å². The van der Waals surface area contributed by atoms with Gasteiger partial charge in [-0.1, -0.05) is 25.0 Å². The van der Waals surface area contributed by atoms with Crippen LogP contribution in [0.2, 0.25) is 0 Å². The Morgan fingerprint density at radius 3 is 2.40 bits per heavy atom. The average Bonchev–Trinajstić information content (AvgIpc) is 2.86. The smallest absolute Gasteiger partial charge is 0.230 e. The van der Waals surface area contributed by atoms with E-state index in [1.54, 1.807) is 0 Å². The largest absolute Gasteiger partial charge is 0.330 e. The summed E-state index contributed by atoms with van der Waals surface area (Å²) in [6, 6.07) is 7.42. The molecule has 0 saturated carbocycles. The fraction of sp³-hybridized carbons (Fsp3) is 0.500. The molecule has 1 fully saturated rings. The van der Waals surface area contributed by atoms with E-state index in [9.17, 15) is 14.4 Å². The number of carbonyl (C=O) groups is 3. The summed E-state index contributed by atoms with van der Waals surface area (Å²) in [7, 11) is 0. The molecule has 6 nitrogen and oxygen atoms in total. The minimum Gasteiger partial charge on any atom is -0.330 e. The van der Waals surface area contributed by atoms with Gasteiger partial charge in [0.15, 0.2) is 0 Å². The van der Waals surface area contributed by atoms with Gasteiger partial charge in [0.25, 0.3) is 0 Å². The third-order valence-electron chi connectivity index (χ3n) is 4.14. The molecule has 3 amide bonds. The molecule has 0 aromatic heterocycles. The fourth-order valence-electron chi connectivity index (χ4n) is 2.79. The van der Waals surface area contributed by atoms with Crippen LogP contribution >= 0.6 is 12.4 Å². The van der Waals surface area contributed by atoms with Crippen molar-refractivity contribution in [2.24, 2.45) is 11.7 Å². The van der Waals surface area contributed by atoms with Crippen LogP contribution in [-0.2, 0) is 20.8 Å². The number of hydrogen-bond acceptors (Lipinski definition) is 4. The molecule has 1 aromatic carbocycles. The maximum absolute atomic E-state index is 11.9. The number of anilines is 1. The molecule has 2 rings (SSSR count). The van der Waals surface area contributed by atoms with E-state index in [2.05, 4.69) is 10.6 Å². The molecular formula is C18H26ClN3O3. The van der Waals surface area contributed by atoms with Crippen LogP contribution in [0.1, 0.15) is 44.1 Å². The van der Waals surface area contributed by atoms with Crippen molar-refractivity contribution in [3.63, 3.8) is 0 Å². The van der Waals surface area contributed by atoms with E-state index in [-0.39, 0.29) is 42.5 Å². The van der Waals surface area contributed by atoms with E-state index in [1.165, 1.54) is 0 Å². The molecule has 1 saturated heterocycles. The number of benzene rings is 1. The minimum atomic E-state index is -0.286. The molecule has 25 heavy (non-hydrogen) atoms. The first-order valence-corrected chi connectivity index (χ1v) is 8.51. The number of halogens is 1. The maximum Gasteiger partial charge on any atom is 0.230 e. The highest BCUT2D eigenvalue weighted by atomic mass is 35.5. The SMILES string of the molecule is Cl.NCCCCCCC(=O)Nc1ccc(CC2CC(=O)NC2=O)cc1. The second-order valence-corrected chi connectivity index (χ2v) is 6.22. The first-order chi connectivity index (χ1) is 11.6. The Kier molecular flexibility index (Phi) is 9.16. The van der Waals surface area contributed by atoms with Gasteiger partial charge in [0.1, 0.15) is 0 Å². The lowest BCUT2D eigenvalue weighted by Gasteiger charge is -2.08. The van der Waals surface area contributed by atoms with Gasteiger partial charge in [0, 0.05) is 18.5 Å². The summed E-state index contributed by atoms with van der Waals surface area (Å²) >= 11 is 0. The van der Waals surface area contributed by atoms with Crippen molar-refractivity contribution in [1.29, 1.82) is 0 Å². The lowest BCUT2D eigenvalue weighted by atomic mass is 9.98. The van der Waals surface area contributed by atoms with Gasteiger partial charge in [0.05, 0.1) is 5.92 Å². The van der Waals surface area contributed by atoms with Crippen molar-refractivity contribution >= 4 is 35.8 Å². The number of nitrogens with two attached hydrogens (primary N) is 1. The normalized spacial score (nSPS) is 16.3. The van der Waals surface area contributed by atoms with Crippen LogP contribution in [0, 0.1) is 5.92 Å². The number of nitrogens with one attached hydrogen (secondary N) is 2. The molecule has 0 aliphatic carbocycles. The van der Waals surface area contributed by atoms with E-state index in [0.717, 1.165) is 36.9 Å². The zero-order valence-corrected chi connectivity index (χ0v) is 15.1. The van der Waals surface area contributed by atoms with E-state index in [1.807, 2.05) is 24.3 Å². The van der Waals surface area contributed by atoms with Crippen molar-refractivity contribution < 1.29 is 14.4 Å². The number of carbonyl (C=O) groups excluding carboxylic acids is 3. The second-order valence-electron chi connectivity index (χ2n) is 6.22. The zero-order valence-electron chi connectivity index (χ0n) is 14.3. The summed E-state index contributed by atoms with van der Waals surface area (Å²) in [5.41, 5.74) is 7.16. The third kappa shape index (κ3) is 7.23. The molecule has 7 heteroatoms. The van der Waals surface area contributed by atoms with Crippen LogP contribution in [0.5, 0.6) is 0 Å². The van der Waals surface area contributed by atoms with Crippen molar-refractivity contribution in [2.45, 2.75) is 44.9 Å². The van der Waals surface area contributed by atoms with Gasteiger partial charge in [-0.15, -0.1) is 12.4 Å². The molecular weight excluding hydrogens is 342 g/mol. The quantitative estimate of drug-likeness (QED) is 0.459. The molecule has 1 aliphatic rings. The van der Waals surface area contributed by atoms with Gasteiger partial charge in [-0.05, 0) is 43.5 Å². The third-order valence-corrected chi connectivity index (χ3v) is 4.14. The summed E-state index contributed by atoms with van der Waals surface area (Å²) in [4.78, 5) is 34.6. The number of unbranched alkanes of at least 4 members (excludes halogenated alkanes) is 3. The number of amides is 3. The monoisotopic (exact) mass is 367 g/mol. The maximum atomic E-state index is 11.9. The molecule has 0 radical (unpaired) electrons. The first kappa shape index (κ1) is 21.1. The summed E-state index contributed by atoms with van der Waals surface area (Å²) in [5, 5.41) is 5.19. The summed E-state index contributed by atoms with van der Waals surface area (Å²) in [6.45, 7) is 0.704. The van der Waals surface area contributed by atoms with Gasteiger partial charge < -0.3 is 11.1 Å². The lowest BCUT2D eigenvalue weighted by molar-refractivity contribution is -0.125.